The Bertz CT molecular complexity index is 596. The van der Waals surface area contributed by atoms with Crippen LogP contribution in [0.3, 0.4) is 0 Å². The zero-order chi connectivity index (χ0) is 12.8. The average Bonchev–Trinajstić information content (AvgIpc) is 2.74. The van der Waals surface area contributed by atoms with E-state index in [1.807, 2.05) is 34.9 Å². The molecular weight excluding hydrogens is 268 g/mol. The van der Waals surface area contributed by atoms with Crippen molar-refractivity contribution in [2.45, 2.75) is 17.8 Å². The summed E-state index contributed by atoms with van der Waals surface area (Å²) >= 11 is 1.51. The lowest BCUT2D eigenvalue weighted by atomic mass is 10.2. The number of hydrogen-bond acceptors (Lipinski definition) is 4. The van der Waals surface area contributed by atoms with E-state index in [9.17, 15) is 8.42 Å². The van der Waals surface area contributed by atoms with Gasteiger partial charge in [0.1, 0.15) is 12.6 Å². The highest BCUT2D eigenvalue weighted by Crippen LogP contribution is 2.33. The zero-order valence-corrected chi connectivity index (χ0v) is 11.5. The van der Waals surface area contributed by atoms with Gasteiger partial charge >= 0.3 is 5.17 Å². The molecule has 0 aromatic heterocycles. The van der Waals surface area contributed by atoms with Gasteiger partial charge < -0.3 is 0 Å². The Kier molecular flexibility index (Phi) is 2.86. The van der Waals surface area contributed by atoms with Crippen LogP contribution in [0.1, 0.15) is 5.56 Å². The number of hydrogen-bond donors (Lipinski definition) is 1. The quantitative estimate of drug-likeness (QED) is 0.799. The van der Waals surface area contributed by atoms with Gasteiger partial charge in [-0.3, -0.25) is 5.73 Å². The first kappa shape index (κ1) is 12.0. The van der Waals surface area contributed by atoms with Crippen molar-refractivity contribution >= 4 is 26.8 Å². The van der Waals surface area contributed by atoms with Crippen LogP contribution in [0.2, 0.25) is 0 Å². The highest BCUT2D eigenvalue weighted by molar-refractivity contribution is 8.15. The monoisotopic (exact) mass is 283 g/mol. The van der Waals surface area contributed by atoms with Gasteiger partial charge in [0.15, 0.2) is 9.84 Å². The lowest BCUT2D eigenvalue weighted by Gasteiger charge is -2.10. The molecule has 1 fully saturated rings. The standard InChI is InChI=1S/C12H14N2O2S2/c13-12-14(6-9-4-2-1-3-5-9)10-7-18(15,16)8-11(10)17-12/h1-5,10-11,13H,6-8H2/p+1/t10-,11+/m0/s1. The van der Waals surface area contributed by atoms with Gasteiger partial charge in [-0.25, -0.2) is 13.0 Å². The van der Waals surface area contributed by atoms with Crippen molar-refractivity contribution in [1.82, 2.24) is 0 Å². The van der Waals surface area contributed by atoms with Crippen LogP contribution in [0.15, 0.2) is 30.3 Å². The van der Waals surface area contributed by atoms with E-state index >= 15 is 0 Å². The summed E-state index contributed by atoms with van der Waals surface area (Å²) in [6, 6.07) is 10.1. The highest BCUT2D eigenvalue weighted by atomic mass is 32.2. The number of nitrogens with two attached hydrogens (primary N) is 1. The van der Waals surface area contributed by atoms with Crippen LogP contribution in [0.25, 0.3) is 0 Å². The van der Waals surface area contributed by atoms with Gasteiger partial charge in [0.05, 0.1) is 16.8 Å². The number of sulfone groups is 1. The second-order valence-electron chi connectivity index (χ2n) is 4.75. The van der Waals surface area contributed by atoms with E-state index in [1.165, 1.54) is 11.8 Å². The van der Waals surface area contributed by atoms with Gasteiger partial charge in [-0.15, -0.1) is 0 Å². The zero-order valence-electron chi connectivity index (χ0n) is 9.82. The molecule has 0 radical (unpaired) electrons. The van der Waals surface area contributed by atoms with Crippen LogP contribution in [-0.4, -0.2) is 41.0 Å². The van der Waals surface area contributed by atoms with Crippen molar-refractivity contribution in [2.24, 2.45) is 5.73 Å². The predicted molar refractivity (Wildman–Crippen MR) is 73.4 cm³/mol. The minimum atomic E-state index is -2.89. The normalized spacial score (nSPS) is 29.6. The first-order valence-corrected chi connectivity index (χ1v) is 8.55. The number of amidine groups is 1. The fraction of sp³-hybridized carbons (Fsp3) is 0.417. The molecule has 18 heavy (non-hydrogen) atoms. The lowest BCUT2D eigenvalue weighted by Crippen LogP contribution is -2.32. The third kappa shape index (κ3) is 2.14. The summed E-state index contributed by atoms with van der Waals surface area (Å²) in [6.45, 7) is 0.691. The van der Waals surface area contributed by atoms with Crippen molar-refractivity contribution in [3.63, 3.8) is 0 Å². The Labute approximate surface area is 111 Å². The molecule has 96 valence electrons. The molecular formula is C12H15N2O2S2+. The molecule has 2 heterocycles. The van der Waals surface area contributed by atoms with Gasteiger partial charge in [-0.05, 0) is 17.3 Å². The number of thioether (sulfide) groups is 1. The second kappa shape index (κ2) is 4.28. The van der Waals surface area contributed by atoms with E-state index in [1.54, 1.807) is 0 Å². The summed E-state index contributed by atoms with van der Waals surface area (Å²) in [4.78, 5) is 0. The minimum absolute atomic E-state index is 0.0419. The predicted octanol–water partition coefficient (Wildman–Crippen LogP) is 0.426. The van der Waals surface area contributed by atoms with Crippen LogP contribution >= 0.6 is 11.8 Å². The van der Waals surface area contributed by atoms with Crippen LogP contribution in [0.5, 0.6) is 0 Å². The summed E-state index contributed by atoms with van der Waals surface area (Å²) in [5, 5.41) is 0.863. The molecule has 1 saturated heterocycles. The van der Waals surface area contributed by atoms with Gasteiger partial charge in [0.25, 0.3) is 0 Å². The van der Waals surface area contributed by atoms with E-state index < -0.39 is 9.84 Å². The Balaban J connectivity index is 1.86. The lowest BCUT2D eigenvalue weighted by molar-refractivity contribution is -0.569. The summed E-state index contributed by atoms with van der Waals surface area (Å²) in [5.74, 6) is 0.493. The number of nitrogens with zero attached hydrogens (tertiary/aromatic N) is 1. The van der Waals surface area contributed by atoms with Crippen LogP contribution in [0.4, 0.5) is 0 Å². The molecule has 2 atom stereocenters. The van der Waals surface area contributed by atoms with Gasteiger partial charge in [0.2, 0.25) is 0 Å². The van der Waals surface area contributed by atoms with Gasteiger partial charge in [-0.2, -0.15) is 0 Å². The van der Waals surface area contributed by atoms with Crippen molar-refractivity contribution in [2.75, 3.05) is 11.5 Å². The fourth-order valence-corrected chi connectivity index (χ4v) is 6.41. The maximum absolute atomic E-state index is 11.7. The summed E-state index contributed by atoms with van der Waals surface area (Å²) < 4.78 is 25.4. The van der Waals surface area contributed by atoms with Gasteiger partial charge in [0, 0.05) is 0 Å². The SMILES string of the molecule is NC1=[N+](Cc2ccccc2)[C@H]2CS(=O)(=O)C[C@H]2S1. The smallest absolute Gasteiger partial charge is 0.281 e. The molecule has 0 amide bonds. The Morgan fingerprint density at radius 1 is 1.28 bits per heavy atom. The third-order valence-corrected chi connectivity index (χ3v) is 6.61. The second-order valence-corrected chi connectivity index (χ2v) is 8.17. The highest BCUT2D eigenvalue weighted by Gasteiger charge is 2.48. The fourth-order valence-electron chi connectivity index (χ4n) is 2.56. The Morgan fingerprint density at radius 3 is 2.72 bits per heavy atom. The summed E-state index contributed by atoms with van der Waals surface area (Å²) in [5.41, 5.74) is 7.17. The number of benzene rings is 1. The molecule has 6 heteroatoms. The van der Waals surface area contributed by atoms with Crippen molar-refractivity contribution in [3.8, 4) is 0 Å². The molecule has 0 aliphatic carbocycles. The maximum atomic E-state index is 11.7. The molecule has 0 saturated carbocycles. The number of fused-ring (bicyclic) bond motifs is 1. The molecule has 0 unspecified atom stereocenters. The van der Waals surface area contributed by atoms with Crippen molar-refractivity contribution < 1.29 is 13.0 Å². The third-order valence-electron chi connectivity index (χ3n) is 3.42. The first-order chi connectivity index (χ1) is 8.55. The molecule has 3 rings (SSSR count). The summed E-state index contributed by atoms with van der Waals surface area (Å²) in [6.07, 6.45) is 0. The molecule has 1 aromatic rings. The van der Waals surface area contributed by atoms with Crippen LogP contribution < -0.4 is 5.73 Å². The molecule has 2 aliphatic rings. The largest absolute Gasteiger partial charge is 0.305 e. The molecule has 0 bridgehead atoms. The Morgan fingerprint density at radius 2 is 2.00 bits per heavy atom. The maximum Gasteiger partial charge on any atom is 0.305 e. The molecule has 2 N–H and O–H groups in total. The van der Waals surface area contributed by atoms with Crippen LogP contribution in [-0.2, 0) is 16.4 Å². The van der Waals surface area contributed by atoms with Gasteiger partial charge in [-0.1, -0.05) is 30.3 Å². The molecule has 4 nitrogen and oxygen atoms in total. The molecule has 1 aromatic carbocycles. The van der Waals surface area contributed by atoms with Crippen LogP contribution in [0, 0.1) is 0 Å². The topological polar surface area (TPSA) is 63.2 Å². The molecule has 2 aliphatic heterocycles. The molecule has 0 spiro atoms. The van der Waals surface area contributed by atoms with E-state index in [-0.39, 0.29) is 22.8 Å². The van der Waals surface area contributed by atoms with E-state index in [0.717, 1.165) is 10.7 Å². The number of rotatable bonds is 2. The van der Waals surface area contributed by atoms with E-state index in [0.29, 0.717) is 6.54 Å². The van der Waals surface area contributed by atoms with E-state index in [2.05, 4.69) is 0 Å². The first-order valence-electron chi connectivity index (χ1n) is 5.85. The van der Waals surface area contributed by atoms with Crippen molar-refractivity contribution in [1.29, 1.82) is 0 Å². The minimum Gasteiger partial charge on any atom is -0.281 e. The van der Waals surface area contributed by atoms with E-state index in [4.69, 9.17) is 5.73 Å². The summed E-state index contributed by atoms with van der Waals surface area (Å²) in [7, 11) is -2.89. The average molecular weight is 283 g/mol. The Hall–Kier alpha value is -1.01. The van der Waals surface area contributed by atoms with Crippen molar-refractivity contribution in [3.05, 3.63) is 35.9 Å².